The summed E-state index contributed by atoms with van der Waals surface area (Å²) in [4.78, 5) is 23.3. The maximum Gasteiger partial charge on any atom is 0.407 e. The molecule has 1 atom stereocenters. The van der Waals surface area contributed by atoms with Crippen LogP contribution in [0.15, 0.2) is 6.07 Å². The Morgan fingerprint density at radius 3 is 2.17 bits per heavy atom. The number of ether oxygens (including phenoxy) is 8. The zero-order chi connectivity index (χ0) is 26.6. The van der Waals surface area contributed by atoms with E-state index in [4.69, 9.17) is 37.9 Å². The van der Waals surface area contributed by atoms with Crippen molar-refractivity contribution in [1.82, 2.24) is 5.32 Å². The zero-order valence-electron chi connectivity index (χ0n) is 22.1. The second-order valence-electron chi connectivity index (χ2n) is 9.05. The first-order valence-electron chi connectivity index (χ1n) is 12.0. The van der Waals surface area contributed by atoms with Crippen LogP contribution in [0, 0.1) is 0 Å². The summed E-state index contributed by atoms with van der Waals surface area (Å²) in [7, 11) is 3.05. The fourth-order valence-electron chi connectivity index (χ4n) is 3.45. The highest BCUT2D eigenvalue weighted by Crippen LogP contribution is 2.50. The molecule has 1 N–H and O–H groups in total. The van der Waals surface area contributed by atoms with Crippen LogP contribution in [-0.2, 0) is 23.7 Å². The Balaban J connectivity index is 1.60. The van der Waals surface area contributed by atoms with E-state index in [2.05, 4.69) is 5.32 Å². The minimum Gasteiger partial charge on any atom is -0.493 e. The monoisotopic (exact) mass is 513 g/mol. The van der Waals surface area contributed by atoms with E-state index in [9.17, 15) is 9.59 Å². The smallest absolute Gasteiger partial charge is 0.407 e. The molecule has 11 heteroatoms. The summed E-state index contributed by atoms with van der Waals surface area (Å²) in [5, 5.41) is 2.62. The van der Waals surface area contributed by atoms with Crippen molar-refractivity contribution in [3.05, 3.63) is 11.6 Å². The third kappa shape index (κ3) is 9.71. The SMILES string of the molecule is COc1cc2c(c(OC)c1OCCOCCOCCOCCNC(=O)OC(C)(C)C)C(C)CC(=O)O2. The van der Waals surface area contributed by atoms with Gasteiger partial charge in [0.05, 0.1) is 60.3 Å². The Morgan fingerprint density at radius 2 is 1.58 bits per heavy atom. The minimum atomic E-state index is -0.523. The lowest BCUT2D eigenvalue weighted by Crippen LogP contribution is -2.34. The van der Waals surface area contributed by atoms with Crippen LogP contribution in [0.5, 0.6) is 23.0 Å². The van der Waals surface area contributed by atoms with Gasteiger partial charge in [0, 0.05) is 18.2 Å². The highest BCUT2D eigenvalue weighted by Gasteiger charge is 2.32. The number of fused-ring (bicyclic) bond motifs is 1. The number of carbonyl (C=O) groups is 2. The van der Waals surface area contributed by atoms with Gasteiger partial charge in [-0.25, -0.2) is 4.79 Å². The van der Waals surface area contributed by atoms with E-state index in [-0.39, 0.29) is 24.9 Å². The van der Waals surface area contributed by atoms with Crippen molar-refractivity contribution in [2.45, 2.75) is 45.6 Å². The number of alkyl carbamates (subject to hydrolysis) is 1. The molecule has 0 bridgehead atoms. The molecule has 0 fully saturated rings. The van der Waals surface area contributed by atoms with Crippen molar-refractivity contribution < 1.29 is 47.5 Å². The van der Waals surface area contributed by atoms with E-state index in [1.54, 1.807) is 13.2 Å². The molecule has 0 radical (unpaired) electrons. The minimum absolute atomic E-state index is 0.0666. The highest BCUT2D eigenvalue weighted by molar-refractivity contribution is 5.79. The zero-order valence-corrected chi connectivity index (χ0v) is 22.1. The predicted molar refractivity (Wildman–Crippen MR) is 130 cm³/mol. The van der Waals surface area contributed by atoms with Crippen LogP contribution in [0.2, 0.25) is 0 Å². The van der Waals surface area contributed by atoms with Crippen molar-refractivity contribution in [3.63, 3.8) is 0 Å². The molecule has 36 heavy (non-hydrogen) atoms. The van der Waals surface area contributed by atoms with E-state index in [1.165, 1.54) is 7.11 Å². The van der Waals surface area contributed by atoms with E-state index >= 15 is 0 Å². The highest BCUT2D eigenvalue weighted by atomic mass is 16.6. The second-order valence-corrected chi connectivity index (χ2v) is 9.05. The van der Waals surface area contributed by atoms with Crippen molar-refractivity contribution in [3.8, 4) is 23.0 Å². The predicted octanol–water partition coefficient (Wildman–Crippen LogP) is 3.07. The number of carbonyl (C=O) groups excluding carboxylic acids is 2. The second kappa shape index (κ2) is 14.7. The van der Waals surface area contributed by atoms with Gasteiger partial charge in [0.1, 0.15) is 18.0 Å². The molecule has 0 saturated carbocycles. The molecule has 0 saturated heterocycles. The molecule has 1 heterocycles. The first-order valence-corrected chi connectivity index (χ1v) is 12.0. The third-order valence-corrected chi connectivity index (χ3v) is 4.95. The molecule has 2 rings (SSSR count). The van der Waals surface area contributed by atoms with E-state index in [1.807, 2.05) is 27.7 Å². The first-order chi connectivity index (χ1) is 17.2. The van der Waals surface area contributed by atoms with Gasteiger partial charge in [0.2, 0.25) is 5.75 Å². The Morgan fingerprint density at radius 1 is 0.972 bits per heavy atom. The molecule has 1 aliphatic heterocycles. The van der Waals surface area contributed by atoms with Crippen molar-refractivity contribution in [1.29, 1.82) is 0 Å². The Kier molecular flexibility index (Phi) is 12.0. The normalized spacial score (nSPS) is 15.1. The van der Waals surface area contributed by atoms with Gasteiger partial charge in [-0.2, -0.15) is 0 Å². The number of amides is 1. The quantitative estimate of drug-likeness (QED) is 0.213. The Labute approximate surface area is 212 Å². The lowest BCUT2D eigenvalue weighted by Gasteiger charge is -2.26. The Hall–Kier alpha value is -2.76. The van der Waals surface area contributed by atoms with Gasteiger partial charge in [-0.15, -0.1) is 0 Å². The van der Waals surface area contributed by atoms with Gasteiger partial charge in [-0.05, 0) is 26.7 Å². The molecular formula is C25H39NO10. The number of hydrogen-bond donors (Lipinski definition) is 1. The van der Waals surface area contributed by atoms with Gasteiger partial charge >= 0.3 is 12.1 Å². The summed E-state index contributed by atoms with van der Waals surface area (Å²) in [6, 6.07) is 1.64. The summed E-state index contributed by atoms with van der Waals surface area (Å²) >= 11 is 0. The van der Waals surface area contributed by atoms with Crippen molar-refractivity contribution in [2.24, 2.45) is 0 Å². The molecule has 0 aliphatic carbocycles. The van der Waals surface area contributed by atoms with Gasteiger partial charge in [0.15, 0.2) is 11.5 Å². The van der Waals surface area contributed by atoms with Gasteiger partial charge in [-0.1, -0.05) is 6.92 Å². The largest absolute Gasteiger partial charge is 0.493 e. The summed E-state index contributed by atoms with van der Waals surface area (Å²) in [5.74, 6) is 1.43. The van der Waals surface area contributed by atoms with Crippen LogP contribution in [0.3, 0.4) is 0 Å². The van der Waals surface area contributed by atoms with Crippen LogP contribution in [0.4, 0.5) is 4.79 Å². The summed E-state index contributed by atoms with van der Waals surface area (Å²) < 4.78 is 43.8. The third-order valence-electron chi connectivity index (χ3n) is 4.95. The summed E-state index contributed by atoms with van der Waals surface area (Å²) in [5.41, 5.74) is 0.259. The van der Waals surface area contributed by atoms with Crippen LogP contribution in [0.25, 0.3) is 0 Å². The fourth-order valence-corrected chi connectivity index (χ4v) is 3.45. The Bertz CT molecular complexity index is 852. The maximum atomic E-state index is 11.8. The van der Waals surface area contributed by atoms with E-state index in [0.29, 0.717) is 69.2 Å². The van der Waals surface area contributed by atoms with E-state index < -0.39 is 11.7 Å². The number of methoxy groups -OCH3 is 2. The topological polar surface area (TPSA) is 120 Å². The number of nitrogens with one attached hydrogen (secondary N) is 1. The lowest BCUT2D eigenvalue weighted by molar-refractivity contribution is -0.135. The molecule has 11 nitrogen and oxygen atoms in total. The van der Waals surface area contributed by atoms with Gasteiger partial charge < -0.3 is 43.2 Å². The fraction of sp³-hybridized carbons (Fsp3) is 0.680. The van der Waals surface area contributed by atoms with Crippen LogP contribution in [0.1, 0.15) is 45.6 Å². The van der Waals surface area contributed by atoms with Crippen molar-refractivity contribution in [2.75, 3.05) is 67.0 Å². The average molecular weight is 514 g/mol. The number of benzene rings is 1. The van der Waals surface area contributed by atoms with Crippen LogP contribution >= 0.6 is 0 Å². The summed E-state index contributed by atoms with van der Waals surface area (Å²) in [6.07, 6.45) is -0.196. The van der Waals surface area contributed by atoms with Crippen LogP contribution < -0.4 is 24.3 Å². The molecular weight excluding hydrogens is 474 g/mol. The molecule has 1 aromatic carbocycles. The van der Waals surface area contributed by atoms with E-state index in [0.717, 1.165) is 5.56 Å². The number of rotatable bonds is 15. The average Bonchev–Trinajstić information content (AvgIpc) is 2.80. The molecule has 0 aromatic heterocycles. The molecule has 1 unspecified atom stereocenters. The first kappa shape index (κ1) is 29.5. The maximum absolute atomic E-state index is 11.8. The number of hydrogen-bond acceptors (Lipinski definition) is 10. The molecule has 204 valence electrons. The lowest BCUT2D eigenvalue weighted by atomic mass is 9.93. The molecule has 1 amide bonds. The van der Waals surface area contributed by atoms with Gasteiger partial charge in [-0.3, -0.25) is 4.79 Å². The van der Waals surface area contributed by atoms with Gasteiger partial charge in [0.25, 0.3) is 0 Å². The summed E-state index contributed by atoms with van der Waals surface area (Å²) in [6.45, 7) is 10.3. The molecule has 1 aromatic rings. The number of esters is 1. The molecule has 1 aliphatic rings. The molecule has 0 spiro atoms. The van der Waals surface area contributed by atoms with Crippen molar-refractivity contribution >= 4 is 12.1 Å². The van der Waals surface area contributed by atoms with Crippen LogP contribution in [-0.4, -0.2) is 84.7 Å². The standard InChI is InChI=1S/C25H39NO10/c1-17-15-20(27)35-18-16-19(29-5)22(23(30-6)21(17)18)34-14-13-33-12-11-32-10-9-31-8-7-26-24(28)36-25(2,3)4/h16-17H,7-15H2,1-6H3,(H,26,28).